The molecule has 3 heteroatoms. The minimum Gasteiger partial charge on any atom is -0.478 e. The van der Waals surface area contributed by atoms with E-state index in [-0.39, 0.29) is 6.10 Å². The van der Waals surface area contributed by atoms with E-state index in [1.54, 1.807) is 0 Å². The van der Waals surface area contributed by atoms with Gasteiger partial charge < -0.3 is 10.2 Å². The molecule has 0 aromatic carbocycles. The first-order valence-corrected chi connectivity index (χ1v) is 10.7. The molecule has 0 rings (SSSR count). The molecule has 0 fully saturated rings. The van der Waals surface area contributed by atoms with E-state index in [9.17, 15) is 9.90 Å². The lowest BCUT2D eigenvalue weighted by Crippen LogP contribution is -2.05. The van der Waals surface area contributed by atoms with Crippen LogP contribution in [0.25, 0.3) is 0 Å². The summed E-state index contributed by atoms with van der Waals surface area (Å²) >= 11 is 0. The highest BCUT2D eigenvalue weighted by atomic mass is 16.4. The molecule has 0 bridgehead atoms. The molecule has 3 nitrogen and oxygen atoms in total. The van der Waals surface area contributed by atoms with Crippen LogP contribution < -0.4 is 0 Å². The van der Waals surface area contributed by atoms with Crippen molar-refractivity contribution < 1.29 is 15.0 Å². The molecule has 0 aromatic rings. The first kappa shape index (κ1) is 24.2. The monoisotopic (exact) mass is 354 g/mol. The number of hydrogen-bond acceptors (Lipinski definition) is 2. The van der Waals surface area contributed by atoms with E-state index in [0.717, 1.165) is 25.7 Å². The first-order valence-electron chi connectivity index (χ1n) is 10.7. The fourth-order valence-electron chi connectivity index (χ4n) is 3.19. The third kappa shape index (κ3) is 17.8. The molecule has 0 aliphatic heterocycles. The Bertz CT molecular complexity index is 325. The molecule has 1 unspecified atom stereocenters. The van der Waals surface area contributed by atoms with E-state index in [1.165, 1.54) is 77.0 Å². The summed E-state index contributed by atoms with van der Waals surface area (Å²) in [4.78, 5) is 10.6. The van der Waals surface area contributed by atoms with E-state index in [0.29, 0.717) is 12.0 Å². The lowest BCUT2D eigenvalue weighted by Gasteiger charge is -2.10. The van der Waals surface area contributed by atoms with Crippen molar-refractivity contribution in [3.8, 4) is 0 Å². The largest absolute Gasteiger partial charge is 0.478 e. The van der Waals surface area contributed by atoms with Crippen molar-refractivity contribution in [2.45, 2.75) is 122 Å². The van der Waals surface area contributed by atoms with Crippen molar-refractivity contribution in [1.82, 2.24) is 0 Å². The Morgan fingerprint density at radius 3 is 1.60 bits per heavy atom. The predicted molar refractivity (Wildman–Crippen MR) is 107 cm³/mol. The summed E-state index contributed by atoms with van der Waals surface area (Å²) in [6.07, 6.45) is 19.7. The van der Waals surface area contributed by atoms with Gasteiger partial charge in [0.2, 0.25) is 0 Å². The van der Waals surface area contributed by atoms with E-state index in [2.05, 4.69) is 13.5 Å². The molecule has 148 valence electrons. The Labute approximate surface area is 155 Å². The molecule has 1 atom stereocenters. The van der Waals surface area contributed by atoms with Crippen LogP contribution in [0.4, 0.5) is 0 Å². The molecule has 0 heterocycles. The predicted octanol–water partition coefficient (Wildman–Crippen LogP) is 6.64. The number of carboxylic acid groups (broad SMARTS) is 1. The van der Waals surface area contributed by atoms with E-state index in [1.807, 2.05) is 0 Å². The highest BCUT2D eigenvalue weighted by Gasteiger charge is 2.04. The second-order valence-electron chi connectivity index (χ2n) is 7.49. The fourth-order valence-corrected chi connectivity index (χ4v) is 3.19. The maximum absolute atomic E-state index is 10.6. The third-order valence-corrected chi connectivity index (χ3v) is 4.96. The molecule has 2 N–H and O–H groups in total. The minimum atomic E-state index is -0.857. The van der Waals surface area contributed by atoms with Crippen molar-refractivity contribution in [1.29, 1.82) is 0 Å². The summed E-state index contributed by atoms with van der Waals surface area (Å²) in [6, 6.07) is 0. The van der Waals surface area contributed by atoms with Crippen LogP contribution in [0.1, 0.15) is 116 Å². The van der Waals surface area contributed by atoms with Crippen molar-refractivity contribution in [3.63, 3.8) is 0 Å². The topological polar surface area (TPSA) is 57.5 Å². The van der Waals surface area contributed by atoms with E-state index in [4.69, 9.17) is 5.11 Å². The van der Waals surface area contributed by atoms with Crippen LogP contribution in [0.2, 0.25) is 0 Å². The summed E-state index contributed by atoms with van der Waals surface area (Å²) in [5.74, 6) is -0.857. The Hall–Kier alpha value is -0.830. The van der Waals surface area contributed by atoms with Gasteiger partial charge in [-0.2, -0.15) is 0 Å². The smallest absolute Gasteiger partial charge is 0.330 e. The summed E-state index contributed by atoms with van der Waals surface area (Å²) in [5.41, 5.74) is 0.339. The summed E-state index contributed by atoms with van der Waals surface area (Å²) < 4.78 is 0. The number of rotatable bonds is 19. The average Bonchev–Trinajstić information content (AvgIpc) is 2.59. The van der Waals surface area contributed by atoms with Gasteiger partial charge in [0.05, 0.1) is 6.10 Å². The molecule has 0 aromatic heterocycles. The maximum atomic E-state index is 10.6. The summed E-state index contributed by atoms with van der Waals surface area (Å²) in [7, 11) is 0. The molecular formula is C22H42O3. The van der Waals surface area contributed by atoms with Gasteiger partial charge in [-0.1, -0.05) is 97.0 Å². The molecule has 25 heavy (non-hydrogen) atoms. The van der Waals surface area contributed by atoms with Gasteiger partial charge in [-0.15, -0.1) is 0 Å². The molecule has 0 aliphatic carbocycles. The van der Waals surface area contributed by atoms with Crippen LogP contribution in [0, 0.1) is 0 Å². The highest BCUT2D eigenvalue weighted by Crippen LogP contribution is 2.15. The molecule has 0 spiro atoms. The summed E-state index contributed by atoms with van der Waals surface area (Å²) in [5, 5.41) is 18.6. The molecule has 0 saturated heterocycles. The number of carboxylic acids is 1. The second kappa shape index (κ2) is 18.0. The Balaban J connectivity index is 3.18. The lowest BCUT2D eigenvalue weighted by molar-refractivity contribution is -0.132. The number of aliphatic hydroxyl groups is 1. The normalized spacial score (nSPS) is 12.2. The van der Waals surface area contributed by atoms with E-state index < -0.39 is 5.97 Å². The highest BCUT2D eigenvalue weighted by molar-refractivity contribution is 5.85. The Morgan fingerprint density at radius 1 is 0.760 bits per heavy atom. The maximum Gasteiger partial charge on any atom is 0.330 e. The zero-order valence-electron chi connectivity index (χ0n) is 16.6. The number of aliphatic hydroxyl groups excluding tert-OH is 1. The Morgan fingerprint density at radius 2 is 1.16 bits per heavy atom. The molecule has 0 saturated carbocycles. The zero-order valence-corrected chi connectivity index (χ0v) is 16.6. The standard InChI is InChI=1S/C22H42O3/c1-3-4-5-15-18-21(23)19-16-13-11-9-7-6-8-10-12-14-17-20(2)22(24)25/h21,23H,2-19H2,1H3,(H,24,25). The van der Waals surface area contributed by atoms with Gasteiger partial charge in [0.25, 0.3) is 0 Å². The molecule has 0 amide bonds. The molecule has 0 radical (unpaired) electrons. The van der Waals surface area contributed by atoms with Gasteiger partial charge in [-0.3, -0.25) is 0 Å². The number of aliphatic carboxylic acids is 1. The minimum absolute atomic E-state index is 0.0749. The number of hydrogen-bond donors (Lipinski definition) is 2. The van der Waals surface area contributed by atoms with Gasteiger partial charge >= 0.3 is 5.97 Å². The number of unbranched alkanes of at least 4 members (excludes halogenated alkanes) is 12. The van der Waals surface area contributed by atoms with Crippen LogP contribution in [0.5, 0.6) is 0 Å². The fraction of sp³-hybridized carbons (Fsp3) is 0.864. The van der Waals surface area contributed by atoms with E-state index >= 15 is 0 Å². The average molecular weight is 355 g/mol. The van der Waals surface area contributed by atoms with Gasteiger partial charge in [-0.25, -0.2) is 4.79 Å². The first-order chi connectivity index (χ1) is 12.1. The van der Waals surface area contributed by atoms with Crippen LogP contribution in [0.3, 0.4) is 0 Å². The van der Waals surface area contributed by atoms with Crippen LogP contribution in [-0.4, -0.2) is 22.3 Å². The zero-order chi connectivity index (χ0) is 18.8. The number of carbonyl (C=O) groups is 1. The SMILES string of the molecule is C=C(CCCCCCCCCCCCC(O)CCCCCC)C(=O)O. The quantitative estimate of drug-likeness (QED) is 0.202. The third-order valence-electron chi connectivity index (χ3n) is 4.96. The van der Waals surface area contributed by atoms with Gasteiger partial charge in [0.1, 0.15) is 0 Å². The van der Waals surface area contributed by atoms with Crippen molar-refractivity contribution in [2.24, 2.45) is 0 Å². The second-order valence-corrected chi connectivity index (χ2v) is 7.49. The van der Waals surface area contributed by atoms with Crippen molar-refractivity contribution in [3.05, 3.63) is 12.2 Å². The van der Waals surface area contributed by atoms with Crippen LogP contribution in [0.15, 0.2) is 12.2 Å². The van der Waals surface area contributed by atoms with Crippen LogP contribution in [-0.2, 0) is 4.79 Å². The van der Waals surface area contributed by atoms with Gasteiger partial charge in [0.15, 0.2) is 0 Å². The van der Waals surface area contributed by atoms with Crippen molar-refractivity contribution >= 4 is 5.97 Å². The summed E-state index contributed by atoms with van der Waals surface area (Å²) in [6.45, 7) is 5.77. The Kier molecular flexibility index (Phi) is 17.4. The molecule has 0 aliphatic rings. The van der Waals surface area contributed by atoms with Gasteiger partial charge in [-0.05, 0) is 25.7 Å². The van der Waals surface area contributed by atoms with Gasteiger partial charge in [0, 0.05) is 5.57 Å². The van der Waals surface area contributed by atoms with Crippen molar-refractivity contribution in [2.75, 3.05) is 0 Å². The molecular weight excluding hydrogens is 312 g/mol. The van der Waals surface area contributed by atoms with Crippen LogP contribution >= 0.6 is 0 Å². The lowest BCUT2D eigenvalue weighted by atomic mass is 10.0.